The Hall–Kier alpha value is -3.37. The van der Waals surface area contributed by atoms with Crippen molar-refractivity contribution < 1.29 is 32.6 Å². The topological polar surface area (TPSA) is 83.0 Å². The second-order valence-electron chi connectivity index (χ2n) is 8.30. The number of pyridine rings is 1. The summed E-state index contributed by atoms with van der Waals surface area (Å²) in [6.07, 6.45) is -4.41. The van der Waals surface area contributed by atoms with Crippen LogP contribution in [-0.2, 0) is 22.5 Å². The number of carboxylic acid groups (broad SMARTS) is 1. The smallest absolute Gasteiger partial charge is 0.475 e. The fraction of sp³-hybridized carbons (Fsp3) is 0.320. The molecule has 2 aliphatic rings. The van der Waals surface area contributed by atoms with Crippen LogP contribution in [-0.4, -0.2) is 65.9 Å². The summed E-state index contributed by atoms with van der Waals surface area (Å²) in [5, 5.41) is 8.79. The fourth-order valence-electron chi connectivity index (χ4n) is 4.21. The minimum atomic E-state index is -5.08. The molecule has 7 nitrogen and oxygen atoms in total. The number of fused-ring (bicyclic) bond motifs is 2. The molecule has 0 spiro atoms. The van der Waals surface area contributed by atoms with Crippen molar-refractivity contribution in [1.82, 2.24) is 9.88 Å². The standard InChI is InChI=1S/C23H22ClN3O2.C2HF3O2/c24-19-14-17(25-20-6-2-1-5-18(19)20)8-9-27-15-16-4-3-7-21(22(16)23(27)28)26-10-12-29-13-11-26;3-2(4,5)1(6)7/h1-7,14H,8-13,15H2;(H,6,7). The molecular formula is C25H23ClF3N3O4. The summed E-state index contributed by atoms with van der Waals surface area (Å²) in [7, 11) is 0. The summed E-state index contributed by atoms with van der Waals surface area (Å²) in [6.45, 7) is 4.32. The van der Waals surface area contributed by atoms with Crippen molar-refractivity contribution in [2.75, 3.05) is 37.7 Å². The number of nitrogens with zero attached hydrogens (tertiary/aromatic N) is 3. The molecule has 1 fully saturated rings. The normalized spacial score (nSPS) is 15.5. The predicted octanol–water partition coefficient (Wildman–Crippen LogP) is 4.56. The van der Waals surface area contributed by atoms with Crippen LogP contribution < -0.4 is 4.90 Å². The van der Waals surface area contributed by atoms with Crippen LogP contribution in [0.1, 0.15) is 21.6 Å². The minimum Gasteiger partial charge on any atom is -0.475 e. The first-order valence-corrected chi connectivity index (χ1v) is 11.6. The molecule has 1 saturated heterocycles. The van der Waals surface area contributed by atoms with Crippen molar-refractivity contribution in [3.63, 3.8) is 0 Å². The monoisotopic (exact) mass is 521 g/mol. The lowest BCUT2D eigenvalue weighted by molar-refractivity contribution is -0.192. The molecule has 1 amide bonds. The third-order valence-corrected chi connectivity index (χ3v) is 6.25. The molecule has 11 heteroatoms. The maximum absolute atomic E-state index is 13.2. The zero-order valence-electron chi connectivity index (χ0n) is 19.1. The summed E-state index contributed by atoms with van der Waals surface area (Å²) < 4.78 is 37.2. The van der Waals surface area contributed by atoms with E-state index in [4.69, 9.17) is 31.2 Å². The number of carbonyl (C=O) groups excluding carboxylic acids is 1. The largest absolute Gasteiger partial charge is 0.490 e. The fourth-order valence-corrected chi connectivity index (χ4v) is 4.50. The molecule has 3 aromatic rings. The molecule has 0 atom stereocenters. The second kappa shape index (κ2) is 10.7. The summed E-state index contributed by atoms with van der Waals surface area (Å²) >= 11 is 6.43. The van der Waals surface area contributed by atoms with E-state index >= 15 is 0 Å². The van der Waals surface area contributed by atoms with Crippen molar-refractivity contribution >= 4 is 40.1 Å². The van der Waals surface area contributed by atoms with Crippen LogP contribution in [0.5, 0.6) is 0 Å². The van der Waals surface area contributed by atoms with Gasteiger partial charge in [0.25, 0.3) is 5.91 Å². The van der Waals surface area contributed by atoms with E-state index in [1.165, 1.54) is 0 Å². The lowest BCUT2D eigenvalue weighted by atomic mass is 10.1. The van der Waals surface area contributed by atoms with Gasteiger partial charge >= 0.3 is 12.1 Å². The molecule has 1 aromatic heterocycles. The van der Waals surface area contributed by atoms with E-state index in [2.05, 4.69) is 17.0 Å². The van der Waals surface area contributed by atoms with Gasteiger partial charge in [-0.15, -0.1) is 0 Å². The predicted molar refractivity (Wildman–Crippen MR) is 128 cm³/mol. The van der Waals surface area contributed by atoms with Crippen molar-refractivity contribution in [1.29, 1.82) is 0 Å². The highest BCUT2D eigenvalue weighted by atomic mass is 35.5. The number of benzene rings is 2. The van der Waals surface area contributed by atoms with E-state index in [0.29, 0.717) is 37.7 Å². The van der Waals surface area contributed by atoms with E-state index in [1.54, 1.807) is 0 Å². The molecule has 0 saturated carbocycles. The van der Waals surface area contributed by atoms with Gasteiger partial charge in [0, 0.05) is 43.7 Å². The summed E-state index contributed by atoms with van der Waals surface area (Å²) in [5.41, 5.74) is 4.78. The number of para-hydroxylation sites is 1. The van der Waals surface area contributed by atoms with Gasteiger partial charge in [0.2, 0.25) is 0 Å². The molecule has 0 bridgehead atoms. The molecule has 5 rings (SSSR count). The quantitative estimate of drug-likeness (QED) is 0.542. The van der Waals surface area contributed by atoms with Gasteiger partial charge in [-0.3, -0.25) is 9.78 Å². The molecule has 0 aliphatic carbocycles. The van der Waals surface area contributed by atoms with Crippen molar-refractivity contribution in [2.24, 2.45) is 0 Å². The molecule has 3 heterocycles. The maximum Gasteiger partial charge on any atom is 0.490 e. The Kier molecular flexibility index (Phi) is 7.65. The first-order chi connectivity index (χ1) is 17.1. The number of halogens is 4. The number of anilines is 1. The van der Waals surface area contributed by atoms with Crippen LogP contribution in [0, 0.1) is 0 Å². The maximum atomic E-state index is 13.2. The molecule has 0 radical (unpaired) electrons. The summed E-state index contributed by atoms with van der Waals surface area (Å²) in [5.74, 6) is -2.65. The lowest BCUT2D eigenvalue weighted by Gasteiger charge is -2.30. The van der Waals surface area contributed by atoms with Crippen molar-refractivity contribution in [3.8, 4) is 0 Å². The number of amides is 1. The van der Waals surface area contributed by atoms with Crippen LogP contribution in [0.15, 0.2) is 48.5 Å². The van der Waals surface area contributed by atoms with Gasteiger partial charge in [0.15, 0.2) is 0 Å². The molecular weight excluding hydrogens is 499 g/mol. The second-order valence-corrected chi connectivity index (χ2v) is 8.71. The van der Waals surface area contributed by atoms with Gasteiger partial charge in [-0.2, -0.15) is 13.2 Å². The molecule has 2 aliphatic heterocycles. The lowest BCUT2D eigenvalue weighted by Crippen LogP contribution is -2.37. The number of ether oxygens (including phenoxy) is 1. The van der Waals surface area contributed by atoms with Gasteiger partial charge in [0.1, 0.15) is 0 Å². The number of carboxylic acids is 1. The first kappa shape index (κ1) is 25.7. The van der Waals surface area contributed by atoms with E-state index < -0.39 is 12.1 Å². The SMILES string of the molecule is O=C(O)C(F)(F)F.O=C1c2c(cccc2N2CCOCC2)CN1CCc1cc(Cl)c2ccccc2n1. The number of aliphatic carboxylic acids is 1. The molecule has 2 aromatic carbocycles. The molecule has 1 N–H and O–H groups in total. The number of alkyl halides is 3. The highest BCUT2D eigenvalue weighted by molar-refractivity contribution is 6.35. The van der Waals surface area contributed by atoms with E-state index in [0.717, 1.165) is 46.5 Å². The molecule has 0 unspecified atom stereocenters. The highest BCUT2D eigenvalue weighted by Crippen LogP contribution is 2.32. The van der Waals surface area contributed by atoms with Gasteiger partial charge in [0.05, 0.1) is 35.0 Å². The van der Waals surface area contributed by atoms with Crippen LogP contribution in [0.2, 0.25) is 5.02 Å². The van der Waals surface area contributed by atoms with Crippen LogP contribution in [0.3, 0.4) is 0 Å². The zero-order valence-corrected chi connectivity index (χ0v) is 19.8. The molecule has 190 valence electrons. The van der Waals surface area contributed by atoms with Gasteiger partial charge in [-0.05, 0) is 23.8 Å². The number of hydrogen-bond donors (Lipinski definition) is 1. The van der Waals surface area contributed by atoms with E-state index in [-0.39, 0.29) is 5.91 Å². The number of rotatable bonds is 4. The van der Waals surface area contributed by atoms with E-state index in [1.807, 2.05) is 41.3 Å². The Morgan fingerprint density at radius 1 is 1.11 bits per heavy atom. The summed E-state index contributed by atoms with van der Waals surface area (Å²) in [4.78, 5) is 31.0. The van der Waals surface area contributed by atoms with Crippen LogP contribution in [0.25, 0.3) is 10.9 Å². The van der Waals surface area contributed by atoms with Gasteiger partial charge in [-0.1, -0.05) is 41.9 Å². The third kappa shape index (κ3) is 5.71. The average Bonchev–Trinajstić information content (AvgIpc) is 3.19. The Morgan fingerprint density at radius 2 is 1.81 bits per heavy atom. The Labute approximate surface area is 210 Å². The average molecular weight is 522 g/mol. The van der Waals surface area contributed by atoms with Crippen LogP contribution >= 0.6 is 11.6 Å². The van der Waals surface area contributed by atoms with Gasteiger partial charge < -0.3 is 19.6 Å². The third-order valence-electron chi connectivity index (χ3n) is 5.94. The van der Waals surface area contributed by atoms with Gasteiger partial charge in [-0.25, -0.2) is 4.79 Å². The Morgan fingerprint density at radius 3 is 2.50 bits per heavy atom. The Balaban J connectivity index is 0.000000384. The van der Waals surface area contributed by atoms with Crippen LogP contribution in [0.4, 0.5) is 18.9 Å². The molecule has 36 heavy (non-hydrogen) atoms. The number of aromatic nitrogens is 1. The van der Waals surface area contributed by atoms with E-state index in [9.17, 15) is 18.0 Å². The minimum absolute atomic E-state index is 0.106. The highest BCUT2D eigenvalue weighted by Gasteiger charge is 2.38. The van der Waals surface area contributed by atoms with Crippen molar-refractivity contribution in [3.05, 3.63) is 70.4 Å². The summed E-state index contributed by atoms with van der Waals surface area (Å²) in [6, 6.07) is 15.9. The number of morpholine rings is 1. The Bertz CT molecular complexity index is 1280. The zero-order chi connectivity index (χ0) is 25.9. The first-order valence-electron chi connectivity index (χ1n) is 11.2. The number of carbonyl (C=O) groups is 2. The van der Waals surface area contributed by atoms with Crippen molar-refractivity contribution in [2.45, 2.75) is 19.1 Å². The number of hydrogen-bond acceptors (Lipinski definition) is 5.